The number of carbonyl (C=O) groups is 1. The van der Waals surface area contributed by atoms with E-state index in [1.165, 1.54) is 11.8 Å². The second kappa shape index (κ2) is 7.09. The van der Waals surface area contributed by atoms with Gasteiger partial charge in [-0.1, -0.05) is 18.2 Å². The predicted molar refractivity (Wildman–Crippen MR) is 109 cm³/mol. The van der Waals surface area contributed by atoms with Gasteiger partial charge in [0.15, 0.2) is 11.5 Å². The average molecular weight is 388 g/mol. The van der Waals surface area contributed by atoms with Gasteiger partial charge >= 0.3 is 0 Å². The lowest BCUT2D eigenvalue weighted by molar-refractivity contribution is 0.0976. The molecule has 0 aliphatic carbocycles. The number of aromatic nitrogens is 2. The molecular formula is C22H20N4O3. The number of benzene rings is 2. The van der Waals surface area contributed by atoms with Crippen molar-refractivity contribution in [2.75, 3.05) is 23.4 Å². The van der Waals surface area contributed by atoms with Gasteiger partial charge in [0.05, 0.1) is 12.4 Å². The Kier molecular flexibility index (Phi) is 4.27. The van der Waals surface area contributed by atoms with E-state index in [9.17, 15) is 4.79 Å². The molecular weight excluding hydrogens is 368 g/mol. The summed E-state index contributed by atoms with van der Waals surface area (Å²) >= 11 is 0. The van der Waals surface area contributed by atoms with Crippen molar-refractivity contribution in [1.82, 2.24) is 9.97 Å². The lowest BCUT2D eigenvalue weighted by Crippen LogP contribution is -2.36. The summed E-state index contributed by atoms with van der Waals surface area (Å²) in [4.78, 5) is 23.5. The fourth-order valence-corrected chi connectivity index (χ4v) is 3.77. The van der Waals surface area contributed by atoms with Crippen LogP contribution in [-0.2, 0) is 6.42 Å². The van der Waals surface area contributed by atoms with Crippen molar-refractivity contribution in [2.24, 2.45) is 0 Å². The maximum atomic E-state index is 13.0. The Labute approximate surface area is 168 Å². The molecule has 7 nitrogen and oxygen atoms in total. The molecule has 0 spiro atoms. The zero-order chi connectivity index (χ0) is 19.8. The SMILES string of the molecule is CC1Cc2ccccc2N1C(=O)c1cnc(Nc2ccc3c(c2)OCCO3)cn1. The maximum absolute atomic E-state index is 13.0. The standard InChI is InChI=1S/C22H20N4O3/c1-14-10-15-4-2-3-5-18(15)26(14)22(27)17-12-24-21(13-23-17)25-16-6-7-19-20(11-16)29-9-8-28-19/h2-7,11-14H,8-10H2,1H3,(H,24,25). The van der Waals surface area contributed by atoms with Gasteiger partial charge in [-0.2, -0.15) is 0 Å². The normalized spacial score (nSPS) is 17.0. The molecule has 0 radical (unpaired) electrons. The average Bonchev–Trinajstić information content (AvgIpc) is 3.09. The molecule has 0 bridgehead atoms. The molecule has 2 aromatic carbocycles. The molecule has 2 aliphatic heterocycles. The number of hydrogen-bond acceptors (Lipinski definition) is 6. The van der Waals surface area contributed by atoms with Crippen LogP contribution < -0.4 is 19.7 Å². The second-order valence-corrected chi connectivity index (χ2v) is 7.13. The predicted octanol–water partition coefficient (Wildman–Crippen LogP) is 3.58. The minimum atomic E-state index is -0.138. The van der Waals surface area contributed by atoms with E-state index in [-0.39, 0.29) is 11.9 Å². The first-order valence-corrected chi connectivity index (χ1v) is 9.59. The summed E-state index contributed by atoms with van der Waals surface area (Å²) in [7, 11) is 0. The molecule has 0 saturated heterocycles. The Morgan fingerprint density at radius 1 is 1.07 bits per heavy atom. The highest BCUT2D eigenvalue weighted by Gasteiger charge is 2.31. The highest BCUT2D eigenvalue weighted by molar-refractivity contribution is 6.06. The minimum absolute atomic E-state index is 0.0946. The first-order chi connectivity index (χ1) is 14.2. The summed E-state index contributed by atoms with van der Waals surface area (Å²) in [6, 6.07) is 13.7. The van der Waals surface area contributed by atoms with E-state index in [0.29, 0.717) is 30.5 Å². The molecule has 1 atom stereocenters. The number of nitrogens with zero attached hydrogens (tertiary/aromatic N) is 3. The van der Waals surface area contributed by atoms with Gasteiger partial charge < -0.3 is 19.7 Å². The van der Waals surface area contributed by atoms with Crippen LogP contribution in [0.15, 0.2) is 54.9 Å². The summed E-state index contributed by atoms with van der Waals surface area (Å²) < 4.78 is 11.1. The van der Waals surface area contributed by atoms with Crippen LogP contribution in [0, 0.1) is 0 Å². The minimum Gasteiger partial charge on any atom is -0.486 e. The van der Waals surface area contributed by atoms with Crippen LogP contribution in [0.2, 0.25) is 0 Å². The number of amides is 1. The number of hydrogen-bond donors (Lipinski definition) is 1. The summed E-state index contributed by atoms with van der Waals surface area (Å²) in [5.74, 6) is 1.84. The van der Waals surface area contributed by atoms with Gasteiger partial charge in [-0.15, -0.1) is 0 Å². The highest BCUT2D eigenvalue weighted by Crippen LogP contribution is 2.34. The van der Waals surface area contributed by atoms with Gasteiger partial charge in [-0.3, -0.25) is 4.79 Å². The lowest BCUT2D eigenvalue weighted by Gasteiger charge is -2.22. The van der Waals surface area contributed by atoms with Crippen molar-refractivity contribution in [3.05, 3.63) is 66.1 Å². The molecule has 3 aromatic rings. The third-order valence-corrected chi connectivity index (χ3v) is 5.11. The molecule has 146 valence electrons. The lowest BCUT2D eigenvalue weighted by atomic mass is 10.1. The third kappa shape index (κ3) is 3.24. The molecule has 5 rings (SSSR count). The number of anilines is 3. The molecule has 3 heterocycles. The van der Waals surface area contributed by atoms with Gasteiger partial charge in [-0.25, -0.2) is 9.97 Å². The van der Waals surface area contributed by atoms with Gasteiger partial charge in [0.2, 0.25) is 0 Å². The van der Waals surface area contributed by atoms with Crippen LogP contribution in [0.5, 0.6) is 11.5 Å². The molecule has 1 aromatic heterocycles. The Hall–Kier alpha value is -3.61. The Morgan fingerprint density at radius 3 is 2.72 bits per heavy atom. The van der Waals surface area contributed by atoms with Crippen LogP contribution in [0.3, 0.4) is 0 Å². The topological polar surface area (TPSA) is 76.6 Å². The molecule has 0 saturated carbocycles. The van der Waals surface area contributed by atoms with Crippen molar-refractivity contribution in [2.45, 2.75) is 19.4 Å². The highest BCUT2D eigenvalue weighted by atomic mass is 16.6. The van der Waals surface area contributed by atoms with Gasteiger partial charge in [0, 0.05) is 23.5 Å². The van der Waals surface area contributed by atoms with Gasteiger partial charge in [0.1, 0.15) is 24.7 Å². The number of para-hydroxylation sites is 1. The zero-order valence-corrected chi connectivity index (χ0v) is 16.0. The molecule has 7 heteroatoms. The van der Waals surface area contributed by atoms with E-state index in [2.05, 4.69) is 21.4 Å². The van der Waals surface area contributed by atoms with Crippen LogP contribution in [0.25, 0.3) is 0 Å². The van der Waals surface area contributed by atoms with E-state index < -0.39 is 0 Å². The number of fused-ring (bicyclic) bond motifs is 2. The zero-order valence-electron chi connectivity index (χ0n) is 16.0. The summed E-state index contributed by atoms with van der Waals surface area (Å²) in [5.41, 5.74) is 3.26. The third-order valence-electron chi connectivity index (χ3n) is 5.11. The van der Waals surface area contributed by atoms with Crippen molar-refractivity contribution in [3.63, 3.8) is 0 Å². The molecule has 1 N–H and O–H groups in total. The van der Waals surface area contributed by atoms with Crippen LogP contribution in [-0.4, -0.2) is 35.1 Å². The van der Waals surface area contributed by atoms with Crippen LogP contribution in [0.4, 0.5) is 17.2 Å². The van der Waals surface area contributed by atoms with Crippen molar-refractivity contribution >= 4 is 23.1 Å². The Bertz CT molecular complexity index is 1070. The van der Waals surface area contributed by atoms with Crippen molar-refractivity contribution in [3.8, 4) is 11.5 Å². The van der Waals surface area contributed by atoms with Gasteiger partial charge in [0.25, 0.3) is 5.91 Å². The number of rotatable bonds is 3. The molecule has 2 aliphatic rings. The van der Waals surface area contributed by atoms with E-state index in [1.54, 1.807) is 11.1 Å². The number of carbonyl (C=O) groups excluding carboxylic acids is 1. The van der Waals surface area contributed by atoms with Crippen LogP contribution in [0.1, 0.15) is 23.0 Å². The smallest absolute Gasteiger partial charge is 0.278 e. The Balaban J connectivity index is 1.33. The summed E-state index contributed by atoms with van der Waals surface area (Å²) in [6.07, 6.45) is 3.92. The first kappa shape index (κ1) is 17.5. The quantitative estimate of drug-likeness (QED) is 0.739. The number of nitrogens with one attached hydrogen (secondary N) is 1. The van der Waals surface area contributed by atoms with E-state index >= 15 is 0 Å². The molecule has 1 amide bonds. The molecule has 1 unspecified atom stereocenters. The fourth-order valence-electron chi connectivity index (χ4n) is 3.77. The largest absolute Gasteiger partial charge is 0.486 e. The fraction of sp³-hybridized carbons (Fsp3) is 0.227. The van der Waals surface area contributed by atoms with Crippen molar-refractivity contribution in [1.29, 1.82) is 0 Å². The van der Waals surface area contributed by atoms with E-state index in [4.69, 9.17) is 9.47 Å². The first-order valence-electron chi connectivity index (χ1n) is 9.59. The molecule has 29 heavy (non-hydrogen) atoms. The van der Waals surface area contributed by atoms with Crippen LogP contribution >= 0.6 is 0 Å². The van der Waals surface area contributed by atoms with E-state index in [1.807, 2.05) is 43.3 Å². The maximum Gasteiger partial charge on any atom is 0.278 e. The Morgan fingerprint density at radius 2 is 1.90 bits per heavy atom. The van der Waals surface area contributed by atoms with Gasteiger partial charge in [-0.05, 0) is 37.1 Å². The van der Waals surface area contributed by atoms with E-state index in [0.717, 1.165) is 23.5 Å². The number of ether oxygens (including phenoxy) is 2. The van der Waals surface area contributed by atoms with Crippen molar-refractivity contribution < 1.29 is 14.3 Å². The summed E-state index contributed by atoms with van der Waals surface area (Å²) in [6.45, 7) is 3.13. The molecule has 0 fully saturated rings. The summed E-state index contributed by atoms with van der Waals surface area (Å²) in [5, 5.41) is 3.18. The second-order valence-electron chi connectivity index (χ2n) is 7.13. The monoisotopic (exact) mass is 388 g/mol.